The van der Waals surface area contributed by atoms with Crippen LogP contribution in [-0.2, 0) is 19.8 Å². The zero-order valence-corrected chi connectivity index (χ0v) is 22.3. The lowest BCUT2D eigenvalue weighted by molar-refractivity contribution is -0.136. The van der Waals surface area contributed by atoms with Crippen molar-refractivity contribution in [2.45, 2.75) is 50.6 Å². The molecule has 0 unspecified atom stereocenters. The number of hydrogen-bond acceptors (Lipinski definition) is 6. The molecule has 1 fully saturated rings. The van der Waals surface area contributed by atoms with Crippen molar-refractivity contribution in [3.63, 3.8) is 0 Å². The summed E-state index contributed by atoms with van der Waals surface area (Å²) in [5.41, 5.74) is 0.607. The standard InChI is InChI=1S/C30H27F4N5O2/c1-29(40)10-4-7-25(29)35-15-17-11-23(30(32,33)34)26-24(12-17)37-28(41-26)19-6-3-5-18(13-19)21-9-8-20(31)14-22(21)27-38-36-16-39(27)2/h3,5-6,8-9,11-14,16,25,35,40H,4,7,10,15H2,1-2H3/t25-,29+/m1/s1. The van der Waals surface area contributed by atoms with Crippen molar-refractivity contribution in [2.24, 2.45) is 7.05 Å². The van der Waals surface area contributed by atoms with Crippen LogP contribution >= 0.6 is 0 Å². The van der Waals surface area contributed by atoms with E-state index < -0.39 is 23.2 Å². The lowest BCUT2D eigenvalue weighted by Crippen LogP contribution is -2.44. The average molecular weight is 566 g/mol. The van der Waals surface area contributed by atoms with Crippen molar-refractivity contribution in [1.29, 1.82) is 0 Å². The number of halogens is 4. The summed E-state index contributed by atoms with van der Waals surface area (Å²) >= 11 is 0. The molecule has 0 radical (unpaired) electrons. The number of fused-ring (bicyclic) bond motifs is 1. The molecule has 1 aliphatic carbocycles. The smallest absolute Gasteiger partial charge is 0.420 e. The van der Waals surface area contributed by atoms with Crippen LogP contribution in [0.1, 0.15) is 37.3 Å². The molecule has 0 aliphatic heterocycles. The summed E-state index contributed by atoms with van der Waals surface area (Å²) in [5, 5.41) is 21.7. The van der Waals surface area contributed by atoms with Crippen molar-refractivity contribution in [3.05, 3.63) is 77.9 Å². The Bertz CT molecular complexity index is 1740. The van der Waals surface area contributed by atoms with Crippen LogP contribution in [0.2, 0.25) is 0 Å². The Labute approximate surface area is 232 Å². The number of hydrogen-bond donors (Lipinski definition) is 2. The fraction of sp³-hybridized carbons (Fsp3) is 0.300. The number of alkyl halides is 3. The van der Waals surface area contributed by atoms with Crippen LogP contribution < -0.4 is 5.32 Å². The van der Waals surface area contributed by atoms with Gasteiger partial charge in [0, 0.05) is 30.8 Å². The molecule has 1 saturated carbocycles. The SMILES string of the molecule is Cn1cnnc1-c1cc(F)ccc1-c1cccc(-c2nc3cc(CN[C@@H]4CCC[C@]4(C)O)cc(C(F)(F)F)c3o2)c1. The largest absolute Gasteiger partial charge is 0.435 e. The maximum atomic E-state index is 14.2. The molecule has 7 nitrogen and oxygen atoms in total. The van der Waals surface area contributed by atoms with E-state index in [2.05, 4.69) is 20.5 Å². The summed E-state index contributed by atoms with van der Waals surface area (Å²) in [6, 6.07) is 13.7. The number of oxazole rings is 1. The maximum absolute atomic E-state index is 14.2. The van der Waals surface area contributed by atoms with Crippen LogP contribution in [0.4, 0.5) is 17.6 Å². The van der Waals surface area contributed by atoms with E-state index in [0.717, 1.165) is 18.9 Å². The number of nitrogens with one attached hydrogen (secondary N) is 1. The van der Waals surface area contributed by atoms with Crippen molar-refractivity contribution in [2.75, 3.05) is 0 Å². The van der Waals surface area contributed by atoms with Crippen molar-refractivity contribution in [3.8, 4) is 34.0 Å². The van der Waals surface area contributed by atoms with Gasteiger partial charge in [0.15, 0.2) is 11.4 Å². The molecular formula is C30H27F4N5O2. The molecule has 3 aromatic carbocycles. The minimum absolute atomic E-state index is 0.0264. The Balaban J connectivity index is 1.38. The molecular weight excluding hydrogens is 538 g/mol. The van der Waals surface area contributed by atoms with Crippen LogP contribution in [0.25, 0.3) is 45.1 Å². The highest BCUT2D eigenvalue weighted by Gasteiger charge is 2.37. The first-order valence-electron chi connectivity index (χ1n) is 13.2. The zero-order valence-electron chi connectivity index (χ0n) is 22.3. The van der Waals surface area contributed by atoms with Gasteiger partial charge in [-0.25, -0.2) is 9.37 Å². The molecule has 2 atom stereocenters. The predicted molar refractivity (Wildman–Crippen MR) is 145 cm³/mol. The fourth-order valence-corrected chi connectivity index (χ4v) is 5.54. The minimum atomic E-state index is -4.66. The van der Waals surface area contributed by atoms with Crippen LogP contribution in [-0.4, -0.2) is 36.5 Å². The van der Waals surface area contributed by atoms with Gasteiger partial charge in [0.05, 0.1) is 5.60 Å². The molecule has 6 rings (SSSR count). The summed E-state index contributed by atoms with van der Waals surface area (Å²) in [6.45, 7) is 1.88. The van der Waals surface area contributed by atoms with Gasteiger partial charge in [-0.1, -0.05) is 18.2 Å². The van der Waals surface area contributed by atoms with Gasteiger partial charge < -0.3 is 19.4 Å². The first kappa shape index (κ1) is 27.1. The monoisotopic (exact) mass is 565 g/mol. The molecule has 2 aromatic heterocycles. The van der Waals surface area contributed by atoms with E-state index in [-0.39, 0.29) is 29.6 Å². The number of rotatable bonds is 6. The fourth-order valence-electron chi connectivity index (χ4n) is 5.54. The second-order valence-corrected chi connectivity index (χ2v) is 10.7. The number of aromatic nitrogens is 4. The van der Waals surface area contributed by atoms with Gasteiger partial charge in [0.25, 0.3) is 0 Å². The third-order valence-electron chi connectivity index (χ3n) is 7.69. The molecule has 11 heteroatoms. The molecule has 2 heterocycles. The normalized spacial score (nSPS) is 19.3. The third kappa shape index (κ3) is 5.22. The summed E-state index contributed by atoms with van der Waals surface area (Å²) in [5.74, 6) is 0.0451. The quantitative estimate of drug-likeness (QED) is 0.228. The third-order valence-corrected chi connectivity index (χ3v) is 7.69. The van der Waals surface area contributed by atoms with E-state index in [0.29, 0.717) is 40.1 Å². The second-order valence-electron chi connectivity index (χ2n) is 10.7. The van der Waals surface area contributed by atoms with E-state index in [9.17, 15) is 22.7 Å². The molecule has 0 bridgehead atoms. The predicted octanol–water partition coefficient (Wildman–Crippen LogP) is 6.51. The number of benzene rings is 3. The molecule has 1 aliphatic rings. The Hall–Kier alpha value is -4.09. The molecule has 41 heavy (non-hydrogen) atoms. The first-order valence-corrected chi connectivity index (χ1v) is 13.2. The lowest BCUT2D eigenvalue weighted by atomic mass is 9.97. The van der Waals surface area contributed by atoms with Crippen molar-refractivity contribution in [1.82, 2.24) is 25.1 Å². The Morgan fingerprint density at radius 2 is 1.90 bits per heavy atom. The maximum Gasteiger partial charge on any atom is 0.420 e. The highest BCUT2D eigenvalue weighted by atomic mass is 19.4. The van der Waals surface area contributed by atoms with Crippen LogP contribution in [0.3, 0.4) is 0 Å². The van der Waals surface area contributed by atoms with E-state index in [4.69, 9.17) is 4.42 Å². The molecule has 0 amide bonds. The van der Waals surface area contributed by atoms with Crippen molar-refractivity contribution >= 4 is 11.1 Å². The number of aliphatic hydroxyl groups is 1. The van der Waals surface area contributed by atoms with Gasteiger partial charge in [-0.15, -0.1) is 10.2 Å². The van der Waals surface area contributed by atoms with E-state index in [1.165, 1.54) is 18.5 Å². The number of aryl methyl sites for hydroxylation is 1. The Morgan fingerprint density at radius 3 is 2.61 bits per heavy atom. The van der Waals surface area contributed by atoms with Gasteiger partial charge in [-0.2, -0.15) is 13.2 Å². The zero-order chi connectivity index (χ0) is 28.9. The summed E-state index contributed by atoms with van der Waals surface area (Å²) in [6.07, 6.45) is -0.914. The number of nitrogens with zero attached hydrogens (tertiary/aromatic N) is 4. The molecule has 212 valence electrons. The average Bonchev–Trinajstić information content (AvgIpc) is 3.64. The van der Waals surface area contributed by atoms with Gasteiger partial charge in [-0.05, 0) is 79.3 Å². The summed E-state index contributed by atoms with van der Waals surface area (Å²) < 4.78 is 63.9. The Morgan fingerprint density at radius 1 is 1.10 bits per heavy atom. The summed E-state index contributed by atoms with van der Waals surface area (Å²) in [7, 11) is 1.75. The van der Waals surface area contributed by atoms with Gasteiger partial charge >= 0.3 is 6.18 Å². The van der Waals surface area contributed by atoms with Crippen molar-refractivity contribution < 1.29 is 27.1 Å². The topological polar surface area (TPSA) is 89.0 Å². The highest BCUT2D eigenvalue weighted by molar-refractivity contribution is 5.84. The van der Waals surface area contributed by atoms with Crippen LogP contribution in [0.5, 0.6) is 0 Å². The van der Waals surface area contributed by atoms with E-state index in [1.807, 2.05) is 6.07 Å². The Kier molecular flexibility index (Phi) is 6.66. The van der Waals surface area contributed by atoms with E-state index in [1.54, 1.807) is 48.9 Å². The lowest BCUT2D eigenvalue weighted by Gasteiger charge is -2.26. The molecule has 0 saturated heterocycles. The van der Waals surface area contributed by atoms with Gasteiger partial charge in [0.1, 0.15) is 23.2 Å². The summed E-state index contributed by atoms with van der Waals surface area (Å²) in [4.78, 5) is 4.43. The second kappa shape index (κ2) is 10.1. The van der Waals surface area contributed by atoms with E-state index >= 15 is 0 Å². The van der Waals surface area contributed by atoms with Crippen LogP contribution in [0, 0.1) is 5.82 Å². The van der Waals surface area contributed by atoms with Gasteiger partial charge in [-0.3, -0.25) is 0 Å². The van der Waals surface area contributed by atoms with Gasteiger partial charge in [0.2, 0.25) is 5.89 Å². The van der Waals surface area contributed by atoms with Crippen LogP contribution in [0.15, 0.2) is 65.3 Å². The molecule has 2 N–H and O–H groups in total. The molecule has 0 spiro atoms. The minimum Gasteiger partial charge on any atom is -0.435 e. The molecule has 5 aromatic rings. The first-order chi connectivity index (χ1) is 19.5. The highest BCUT2D eigenvalue weighted by Crippen LogP contribution is 2.39.